The molecule has 16 heavy (non-hydrogen) atoms. The van der Waals surface area contributed by atoms with Gasteiger partial charge in [-0.2, -0.15) is 0 Å². The van der Waals surface area contributed by atoms with E-state index in [-0.39, 0.29) is 12.3 Å². The molecule has 0 aliphatic rings. The summed E-state index contributed by atoms with van der Waals surface area (Å²) < 4.78 is 13.5. The molecule has 0 saturated carbocycles. The van der Waals surface area contributed by atoms with Crippen molar-refractivity contribution < 1.29 is 9.50 Å². The number of tetrazole rings is 1. The van der Waals surface area contributed by atoms with Crippen molar-refractivity contribution in [2.75, 3.05) is 6.61 Å². The molecule has 0 unspecified atom stereocenters. The normalized spacial score (nSPS) is 10.7. The Balaban J connectivity index is 2.38. The van der Waals surface area contributed by atoms with Crippen LogP contribution >= 0.6 is 0 Å². The minimum Gasteiger partial charge on any atom is -0.396 e. The lowest BCUT2D eigenvalue weighted by atomic mass is 10.2. The molecule has 6 heteroatoms. The Morgan fingerprint density at radius 3 is 3.00 bits per heavy atom. The van der Waals surface area contributed by atoms with Crippen molar-refractivity contribution in [3.05, 3.63) is 35.4 Å². The maximum Gasteiger partial charge on any atom is 0.177 e. The van der Waals surface area contributed by atoms with Gasteiger partial charge in [-0.25, -0.2) is 4.39 Å². The first kappa shape index (κ1) is 10.7. The highest BCUT2D eigenvalue weighted by molar-refractivity contribution is 5.34. The monoisotopic (exact) mass is 222 g/mol. The summed E-state index contributed by atoms with van der Waals surface area (Å²) in [6.07, 6.45) is 0.313. The first-order chi connectivity index (χ1) is 7.70. The summed E-state index contributed by atoms with van der Waals surface area (Å²) in [4.78, 5) is 1.13. The lowest BCUT2D eigenvalue weighted by molar-refractivity contribution is 0.296. The Kier molecular flexibility index (Phi) is 2.91. The van der Waals surface area contributed by atoms with Crippen LogP contribution in [0.5, 0.6) is 0 Å². The lowest BCUT2D eigenvalue weighted by Crippen LogP contribution is -2.03. The van der Waals surface area contributed by atoms with Crippen molar-refractivity contribution in [1.82, 2.24) is 20.2 Å². The molecule has 2 rings (SSSR count). The van der Waals surface area contributed by atoms with Gasteiger partial charge in [0, 0.05) is 6.42 Å². The number of benzene rings is 1. The van der Waals surface area contributed by atoms with Gasteiger partial charge in [0.15, 0.2) is 11.6 Å². The van der Waals surface area contributed by atoms with Gasteiger partial charge in [0.05, 0.1) is 6.61 Å². The van der Waals surface area contributed by atoms with Crippen molar-refractivity contribution in [3.8, 4) is 5.69 Å². The van der Waals surface area contributed by atoms with Crippen LogP contribution in [0.4, 0.5) is 4.39 Å². The van der Waals surface area contributed by atoms with E-state index < -0.39 is 5.82 Å². The highest BCUT2D eigenvalue weighted by Gasteiger charge is 2.09. The lowest BCUT2D eigenvalue weighted by Gasteiger charge is -2.01. The highest BCUT2D eigenvalue weighted by atomic mass is 19.1. The van der Waals surface area contributed by atoms with Gasteiger partial charge in [0.2, 0.25) is 0 Å². The predicted molar refractivity (Wildman–Crippen MR) is 54.6 cm³/mol. The zero-order chi connectivity index (χ0) is 11.5. The van der Waals surface area contributed by atoms with Gasteiger partial charge in [0.25, 0.3) is 0 Å². The third-order valence-electron chi connectivity index (χ3n) is 2.11. The van der Waals surface area contributed by atoms with Crippen molar-refractivity contribution in [3.63, 3.8) is 0 Å². The molecule has 1 aromatic heterocycles. The molecule has 0 atom stereocenters. The zero-order valence-corrected chi connectivity index (χ0v) is 8.76. The van der Waals surface area contributed by atoms with Crippen LogP contribution in [0.2, 0.25) is 0 Å². The number of rotatable bonds is 3. The Labute approximate surface area is 91.5 Å². The van der Waals surface area contributed by atoms with Gasteiger partial charge >= 0.3 is 0 Å². The molecule has 0 radical (unpaired) electrons. The molecule has 0 aliphatic heterocycles. The van der Waals surface area contributed by atoms with E-state index in [2.05, 4.69) is 15.4 Å². The second-order valence-corrected chi connectivity index (χ2v) is 3.42. The smallest absolute Gasteiger partial charge is 0.177 e. The number of aromatic nitrogens is 4. The van der Waals surface area contributed by atoms with Crippen LogP contribution in [-0.2, 0) is 6.42 Å². The third-order valence-corrected chi connectivity index (χ3v) is 2.11. The van der Waals surface area contributed by atoms with E-state index in [1.807, 2.05) is 6.92 Å². The molecule has 0 saturated heterocycles. The summed E-state index contributed by atoms with van der Waals surface area (Å²) in [7, 11) is 0. The molecule has 1 aromatic carbocycles. The van der Waals surface area contributed by atoms with E-state index in [0.717, 1.165) is 10.4 Å². The van der Waals surface area contributed by atoms with Gasteiger partial charge in [-0.3, -0.25) is 0 Å². The Hall–Kier alpha value is -1.82. The molecule has 0 bridgehead atoms. The molecule has 5 nitrogen and oxygen atoms in total. The molecule has 1 heterocycles. The first-order valence-corrected chi connectivity index (χ1v) is 4.87. The van der Waals surface area contributed by atoms with Crippen LogP contribution in [0.25, 0.3) is 5.69 Å². The van der Waals surface area contributed by atoms with Crippen molar-refractivity contribution in [1.29, 1.82) is 0 Å². The highest BCUT2D eigenvalue weighted by Crippen LogP contribution is 2.12. The Bertz CT molecular complexity index is 497. The molecular weight excluding hydrogens is 211 g/mol. The van der Waals surface area contributed by atoms with Crippen molar-refractivity contribution in [2.24, 2.45) is 0 Å². The average molecular weight is 222 g/mol. The van der Waals surface area contributed by atoms with Crippen LogP contribution in [0.15, 0.2) is 18.2 Å². The second-order valence-electron chi connectivity index (χ2n) is 3.42. The second kappa shape index (κ2) is 4.36. The summed E-state index contributed by atoms with van der Waals surface area (Å²) in [5.41, 5.74) is 1.18. The molecule has 0 spiro atoms. The molecule has 1 N–H and O–H groups in total. The van der Waals surface area contributed by atoms with E-state index in [0.29, 0.717) is 12.2 Å². The number of halogens is 1. The summed E-state index contributed by atoms with van der Waals surface area (Å²) >= 11 is 0. The fraction of sp³-hybridized carbons (Fsp3) is 0.300. The number of hydrogen-bond donors (Lipinski definition) is 1. The molecule has 0 aliphatic carbocycles. The third kappa shape index (κ3) is 2.06. The SMILES string of the molecule is Cc1ccc(F)c(-n2nnc(CCO)n2)c1. The van der Waals surface area contributed by atoms with E-state index in [1.165, 1.54) is 6.07 Å². The number of hydrogen-bond acceptors (Lipinski definition) is 4. The molecule has 0 amide bonds. The summed E-state index contributed by atoms with van der Waals surface area (Å²) in [6.45, 7) is 1.80. The molecular formula is C10H11FN4O. The van der Waals surface area contributed by atoms with Crippen LogP contribution in [-0.4, -0.2) is 31.9 Å². The zero-order valence-electron chi connectivity index (χ0n) is 8.76. The molecule has 84 valence electrons. The van der Waals surface area contributed by atoms with Gasteiger partial charge in [-0.1, -0.05) is 6.07 Å². The van der Waals surface area contributed by atoms with Crippen molar-refractivity contribution in [2.45, 2.75) is 13.3 Å². The van der Waals surface area contributed by atoms with E-state index in [4.69, 9.17) is 5.11 Å². The predicted octanol–water partition coefficient (Wildman–Crippen LogP) is 0.645. The van der Waals surface area contributed by atoms with Gasteiger partial charge < -0.3 is 5.11 Å². The Morgan fingerprint density at radius 1 is 1.44 bits per heavy atom. The molecule has 2 aromatic rings. The maximum absolute atomic E-state index is 13.5. The van der Waals surface area contributed by atoms with Crippen LogP contribution in [0.3, 0.4) is 0 Å². The summed E-state index contributed by atoms with van der Waals surface area (Å²) in [5.74, 6) is -0.0121. The van der Waals surface area contributed by atoms with E-state index in [9.17, 15) is 4.39 Å². The Morgan fingerprint density at radius 2 is 2.25 bits per heavy atom. The van der Waals surface area contributed by atoms with Crippen molar-refractivity contribution >= 4 is 0 Å². The van der Waals surface area contributed by atoms with Crippen LogP contribution in [0, 0.1) is 12.7 Å². The number of nitrogens with zero attached hydrogens (tertiary/aromatic N) is 4. The summed E-state index contributed by atoms with van der Waals surface area (Å²) in [6, 6.07) is 4.67. The van der Waals surface area contributed by atoms with Crippen LogP contribution in [0.1, 0.15) is 11.4 Å². The fourth-order valence-electron chi connectivity index (χ4n) is 1.32. The quantitative estimate of drug-likeness (QED) is 0.828. The first-order valence-electron chi connectivity index (χ1n) is 4.87. The minimum atomic E-state index is -0.404. The average Bonchev–Trinajstić information content (AvgIpc) is 2.71. The van der Waals surface area contributed by atoms with Gasteiger partial charge in [0.1, 0.15) is 5.69 Å². The summed E-state index contributed by atoms with van der Waals surface area (Å²) in [5, 5.41) is 20.1. The maximum atomic E-state index is 13.5. The number of aliphatic hydroxyl groups is 1. The number of aryl methyl sites for hydroxylation is 1. The molecule has 0 fully saturated rings. The topological polar surface area (TPSA) is 63.8 Å². The van der Waals surface area contributed by atoms with Gasteiger partial charge in [-0.05, 0) is 29.8 Å². The van der Waals surface area contributed by atoms with E-state index in [1.54, 1.807) is 12.1 Å². The number of aliphatic hydroxyl groups excluding tert-OH is 1. The van der Waals surface area contributed by atoms with E-state index >= 15 is 0 Å². The largest absolute Gasteiger partial charge is 0.396 e. The fourth-order valence-corrected chi connectivity index (χ4v) is 1.32. The minimum absolute atomic E-state index is 0.0536. The standard InChI is InChI=1S/C10H11FN4O/c1-7-2-3-8(11)9(6-7)15-13-10(4-5-16)12-14-15/h2-3,6,16H,4-5H2,1H3. The van der Waals surface area contributed by atoms with Gasteiger partial charge in [-0.15, -0.1) is 15.0 Å². The van der Waals surface area contributed by atoms with Crippen LogP contribution < -0.4 is 0 Å².